The standard InChI is InChI=1S/C14H18N2OS/c1-10-8-14(13(9-15)11(2)16-10)17-6-5-12-4-3-7-18-12/h3-4,7-8H,5-6,9,15H2,1-2H3. The molecule has 0 saturated heterocycles. The molecule has 2 N–H and O–H groups in total. The van der Waals surface area contributed by atoms with Gasteiger partial charge in [0, 0.05) is 40.9 Å². The van der Waals surface area contributed by atoms with Crippen molar-refractivity contribution < 1.29 is 4.74 Å². The molecule has 0 aliphatic heterocycles. The lowest BCUT2D eigenvalue weighted by molar-refractivity contribution is 0.318. The number of pyridine rings is 1. The van der Waals surface area contributed by atoms with Crippen molar-refractivity contribution in [2.24, 2.45) is 5.73 Å². The number of ether oxygens (including phenoxy) is 1. The Kier molecular flexibility index (Phi) is 4.33. The maximum atomic E-state index is 5.85. The van der Waals surface area contributed by atoms with E-state index in [1.54, 1.807) is 11.3 Å². The maximum Gasteiger partial charge on any atom is 0.127 e. The molecule has 96 valence electrons. The fourth-order valence-corrected chi connectivity index (χ4v) is 2.60. The first kappa shape index (κ1) is 13.1. The first-order valence-corrected chi connectivity index (χ1v) is 6.91. The second-order valence-corrected chi connectivity index (χ2v) is 5.24. The molecule has 0 spiro atoms. The van der Waals surface area contributed by atoms with Crippen molar-refractivity contribution in [2.75, 3.05) is 6.61 Å². The third kappa shape index (κ3) is 3.09. The molecule has 0 aliphatic carbocycles. The van der Waals surface area contributed by atoms with Gasteiger partial charge < -0.3 is 10.5 Å². The predicted octanol–water partition coefficient (Wildman–Crippen LogP) is 2.84. The van der Waals surface area contributed by atoms with E-state index in [-0.39, 0.29) is 0 Å². The number of nitrogens with two attached hydrogens (primary N) is 1. The molecule has 0 amide bonds. The molecule has 2 aromatic heterocycles. The number of nitrogens with zero attached hydrogens (tertiary/aromatic N) is 1. The van der Waals surface area contributed by atoms with Crippen LogP contribution in [0.2, 0.25) is 0 Å². The van der Waals surface area contributed by atoms with E-state index in [2.05, 4.69) is 22.5 Å². The fourth-order valence-electron chi connectivity index (χ4n) is 1.91. The van der Waals surface area contributed by atoms with Crippen LogP contribution in [0.25, 0.3) is 0 Å². The highest BCUT2D eigenvalue weighted by Gasteiger charge is 2.08. The average Bonchev–Trinajstić information content (AvgIpc) is 2.81. The monoisotopic (exact) mass is 262 g/mol. The molecule has 18 heavy (non-hydrogen) atoms. The van der Waals surface area contributed by atoms with Gasteiger partial charge >= 0.3 is 0 Å². The summed E-state index contributed by atoms with van der Waals surface area (Å²) in [6, 6.07) is 6.15. The van der Waals surface area contributed by atoms with Crippen molar-refractivity contribution in [3.63, 3.8) is 0 Å². The molecule has 0 fully saturated rings. The Morgan fingerprint density at radius 3 is 2.89 bits per heavy atom. The minimum Gasteiger partial charge on any atom is -0.493 e. The highest BCUT2D eigenvalue weighted by molar-refractivity contribution is 7.09. The lowest BCUT2D eigenvalue weighted by Crippen LogP contribution is -2.08. The molecule has 0 atom stereocenters. The molecule has 0 radical (unpaired) electrons. The molecule has 0 saturated carbocycles. The van der Waals surface area contributed by atoms with Crippen LogP contribution in [0.15, 0.2) is 23.6 Å². The van der Waals surface area contributed by atoms with E-state index in [0.717, 1.165) is 29.1 Å². The largest absolute Gasteiger partial charge is 0.493 e. The predicted molar refractivity (Wildman–Crippen MR) is 75.1 cm³/mol. The topological polar surface area (TPSA) is 48.1 Å². The molecule has 2 heterocycles. The van der Waals surface area contributed by atoms with Gasteiger partial charge in [0.1, 0.15) is 5.75 Å². The van der Waals surface area contributed by atoms with Crippen LogP contribution in [0.3, 0.4) is 0 Å². The number of aromatic nitrogens is 1. The number of hydrogen-bond donors (Lipinski definition) is 1. The van der Waals surface area contributed by atoms with Crippen LogP contribution in [0.1, 0.15) is 21.8 Å². The summed E-state index contributed by atoms with van der Waals surface area (Å²) < 4.78 is 5.85. The Labute approximate surface area is 112 Å². The molecule has 0 unspecified atom stereocenters. The van der Waals surface area contributed by atoms with Crippen molar-refractivity contribution in [3.05, 3.63) is 45.4 Å². The normalized spacial score (nSPS) is 10.6. The average molecular weight is 262 g/mol. The SMILES string of the molecule is Cc1cc(OCCc2cccs2)c(CN)c(C)n1. The zero-order chi connectivity index (χ0) is 13.0. The van der Waals surface area contributed by atoms with E-state index < -0.39 is 0 Å². The Morgan fingerprint density at radius 1 is 1.39 bits per heavy atom. The Morgan fingerprint density at radius 2 is 2.22 bits per heavy atom. The number of aryl methyl sites for hydroxylation is 2. The fraction of sp³-hybridized carbons (Fsp3) is 0.357. The van der Waals surface area contributed by atoms with E-state index in [1.165, 1.54) is 4.88 Å². The lowest BCUT2D eigenvalue weighted by atomic mass is 10.1. The number of thiophene rings is 1. The zero-order valence-corrected chi connectivity index (χ0v) is 11.6. The van der Waals surface area contributed by atoms with Crippen LogP contribution in [0.4, 0.5) is 0 Å². The van der Waals surface area contributed by atoms with Gasteiger partial charge in [-0.15, -0.1) is 11.3 Å². The summed E-state index contributed by atoms with van der Waals surface area (Å²) in [5, 5.41) is 2.08. The number of rotatable bonds is 5. The summed E-state index contributed by atoms with van der Waals surface area (Å²) >= 11 is 1.76. The molecule has 2 rings (SSSR count). The summed E-state index contributed by atoms with van der Waals surface area (Å²) in [4.78, 5) is 5.74. The van der Waals surface area contributed by atoms with Gasteiger partial charge in [0.05, 0.1) is 6.61 Å². The van der Waals surface area contributed by atoms with Crippen LogP contribution in [-0.2, 0) is 13.0 Å². The van der Waals surface area contributed by atoms with Crippen molar-refractivity contribution in [1.29, 1.82) is 0 Å². The minimum absolute atomic E-state index is 0.466. The van der Waals surface area contributed by atoms with Gasteiger partial charge in [-0.25, -0.2) is 0 Å². The molecule has 2 aromatic rings. The van der Waals surface area contributed by atoms with Gasteiger partial charge in [-0.1, -0.05) is 6.07 Å². The molecule has 0 aromatic carbocycles. The van der Waals surface area contributed by atoms with Gasteiger partial charge in [-0.3, -0.25) is 4.98 Å². The first-order chi connectivity index (χ1) is 8.70. The van der Waals surface area contributed by atoms with Gasteiger partial charge in [-0.05, 0) is 25.3 Å². The second kappa shape index (κ2) is 5.98. The second-order valence-electron chi connectivity index (χ2n) is 4.21. The highest BCUT2D eigenvalue weighted by atomic mass is 32.1. The minimum atomic E-state index is 0.466. The van der Waals surface area contributed by atoms with E-state index in [9.17, 15) is 0 Å². The van der Waals surface area contributed by atoms with Crippen LogP contribution in [-0.4, -0.2) is 11.6 Å². The Balaban J connectivity index is 2.04. The van der Waals surface area contributed by atoms with Gasteiger partial charge in [0.2, 0.25) is 0 Å². The smallest absolute Gasteiger partial charge is 0.127 e. The highest BCUT2D eigenvalue weighted by Crippen LogP contribution is 2.22. The summed E-state index contributed by atoms with van der Waals surface area (Å²) in [6.45, 7) is 5.09. The van der Waals surface area contributed by atoms with E-state index in [4.69, 9.17) is 10.5 Å². The zero-order valence-electron chi connectivity index (χ0n) is 10.8. The Hall–Kier alpha value is -1.39. The van der Waals surface area contributed by atoms with Crippen LogP contribution in [0.5, 0.6) is 5.75 Å². The molecule has 4 heteroatoms. The molecule has 3 nitrogen and oxygen atoms in total. The lowest BCUT2D eigenvalue weighted by Gasteiger charge is -2.13. The summed E-state index contributed by atoms with van der Waals surface area (Å²) in [6.07, 6.45) is 0.933. The quantitative estimate of drug-likeness (QED) is 0.901. The van der Waals surface area contributed by atoms with E-state index in [0.29, 0.717) is 13.2 Å². The molecular formula is C14H18N2OS. The molecule has 0 bridgehead atoms. The van der Waals surface area contributed by atoms with Gasteiger partial charge in [0.25, 0.3) is 0 Å². The van der Waals surface area contributed by atoms with Gasteiger partial charge in [-0.2, -0.15) is 0 Å². The van der Waals surface area contributed by atoms with Crippen molar-refractivity contribution in [1.82, 2.24) is 4.98 Å². The van der Waals surface area contributed by atoms with Crippen LogP contribution >= 0.6 is 11.3 Å². The van der Waals surface area contributed by atoms with E-state index in [1.807, 2.05) is 19.9 Å². The Bertz CT molecular complexity index is 509. The van der Waals surface area contributed by atoms with Crippen molar-refractivity contribution in [3.8, 4) is 5.75 Å². The number of hydrogen-bond acceptors (Lipinski definition) is 4. The maximum absolute atomic E-state index is 5.85. The third-order valence-corrected chi connectivity index (χ3v) is 3.74. The van der Waals surface area contributed by atoms with Crippen LogP contribution < -0.4 is 10.5 Å². The third-order valence-electron chi connectivity index (χ3n) is 2.81. The first-order valence-electron chi connectivity index (χ1n) is 6.03. The summed E-state index contributed by atoms with van der Waals surface area (Å²) in [5.41, 5.74) is 8.69. The van der Waals surface area contributed by atoms with E-state index >= 15 is 0 Å². The summed E-state index contributed by atoms with van der Waals surface area (Å²) in [5.74, 6) is 0.874. The van der Waals surface area contributed by atoms with Crippen LogP contribution in [0, 0.1) is 13.8 Å². The summed E-state index contributed by atoms with van der Waals surface area (Å²) in [7, 11) is 0. The van der Waals surface area contributed by atoms with Crippen molar-refractivity contribution >= 4 is 11.3 Å². The molecule has 0 aliphatic rings. The van der Waals surface area contributed by atoms with Crippen molar-refractivity contribution in [2.45, 2.75) is 26.8 Å². The van der Waals surface area contributed by atoms with Gasteiger partial charge in [0.15, 0.2) is 0 Å². The molecular weight excluding hydrogens is 244 g/mol.